The van der Waals surface area contributed by atoms with E-state index in [9.17, 15) is 13.2 Å². The van der Waals surface area contributed by atoms with Crippen LogP contribution in [0.2, 0.25) is 0 Å². The van der Waals surface area contributed by atoms with Gasteiger partial charge in [-0.25, -0.2) is 9.97 Å². The number of benzene rings is 1. The van der Waals surface area contributed by atoms with Crippen molar-refractivity contribution in [2.75, 3.05) is 31.5 Å². The van der Waals surface area contributed by atoms with Crippen molar-refractivity contribution < 1.29 is 13.2 Å². The molecule has 0 amide bonds. The van der Waals surface area contributed by atoms with Crippen molar-refractivity contribution in [2.24, 2.45) is 4.99 Å². The summed E-state index contributed by atoms with van der Waals surface area (Å²) in [5.74, 6) is 0.595. The van der Waals surface area contributed by atoms with Gasteiger partial charge in [0, 0.05) is 32.4 Å². The predicted molar refractivity (Wildman–Crippen MR) is 115 cm³/mol. The zero-order chi connectivity index (χ0) is 19.5. The highest BCUT2D eigenvalue weighted by Gasteiger charge is 2.32. The van der Waals surface area contributed by atoms with Gasteiger partial charge >= 0.3 is 6.18 Å². The normalized spacial score (nSPS) is 11.5. The highest BCUT2D eigenvalue weighted by Crippen LogP contribution is 2.27. The molecular weight excluding hydrogens is 484 g/mol. The Morgan fingerprint density at radius 2 is 1.82 bits per heavy atom. The Hall–Kier alpha value is -2.11. The number of alkyl halides is 3. The topological polar surface area (TPSA) is 74.2 Å². The van der Waals surface area contributed by atoms with Crippen LogP contribution in [0.3, 0.4) is 0 Å². The smallest absolute Gasteiger partial charge is 0.357 e. The summed E-state index contributed by atoms with van der Waals surface area (Å²) >= 11 is 0. The van der Waals surface area contributed by atoms with E-state index in [-0.39, 0.29) is 29.9 Å². The number of aliphatic imine (C=N–C) groups is 1. The van der Waals surface area contributed by atoms with Crippen LogP contribution in [-0.2, 0) is 12.6 Å². The Bertz CT molecular complexity index is 725. The summed E-state index contributed by atoms with van der Waals surface area (Å²) in [6.07, 6.45) is -2.57. The van der Waals surface area contributed by atoms with Crippen LogP contribution in [0.4, 0.5) is 19.1 Å². The van der Waals surface area contributed by atoms with Crippen LogP contribution in [0.15, 0.2) is 47.6 Å². The molecule has 0 aliphatic carbocycles. The van der Waals surface area contributed by atoms with E-state index in [1.165, 1.54) is 5.56 Å². The summed E-state index contributed by atoms with van der Waals surface area (Å²) in [4.78, 5) is 11.7. The summed E-state index contributed by atoms with van der Waals surface area (Å²) in [6, 6.07) is 10.9. The molecule has 0 aliphatic rings. The Balaban J connectivity index is 0.00000392. The van der Waals surface area contributed by atoms with Gasteiger partial charge in [-0.05, 0) is 25.0 Å². The largest absolute Gasteiger partial charge is 0.433 e. The van der Waals surface area contributed by atoms with E-state index in [2.05, 4.69) is 43.0 Å². The summed E-state index contributed by atoms with van der Waals surface area (Å²) in [5.41, 5.74) is 0.240. The summed E-state index contributed by atoms with van der Waals surface area (Å²) < 4.78 is 37.9. The maximum Gasteiger partial charge on any atom is 0.433 e. The quantitative estimate of drug-likeness (QED) is 0.221. The first kappa shape index (κ1) is 23.9. The van der Waals surface area contributed by atoms with Crippen molar-refractivity contribution >= 4 is 35.9 Å². The lowest BCUT2D eigenvalue weighted by Crippen LogP contribution is -2.39. The van der Waals surface area contributed by atoms with Crippen molar-refractivity contribution in [1.82, 2.24) is 20.6 Å². The Morgan fingerprint density at radius 1 is 1.07 bits per heavy atom. The Labute approximate surface area is 179 Å². The molecule has 6 nitrogen and oxygen atoms in total. The third kappa shape index (κ3) is 8.72. The van der Waals surface area contributed by atoms with E-state index < -0.39 is 11.9 Å². The molecule has 0 radical (unpaired) electrons. The first-order valence-electron chi connectivity index (χ1n) is 8.69. The fraction of sp³-hybridized carbons (Fsp3) is 0.389. The minimum Gasteiger partial charge on any atom is -0.357 e. The van der Waals surface area contributed by atoms with Gasteiger partial charge in [-0.15, -0.1) is 24.0 Å². The van der Waals surface area contributed by atoms with E-state index >= 15 is 0 Å². The van der Waals surface area contributed by atoms with Gasteiger partial charge in [-0.1, -0.05) is 30.3 Å². The third-order valence-electron chi connectivity index (χ3n) is 3.50. The second-order valence-corrected chi connectivity index (χ2v) is 5.61. The molecule has 0 saturated heterocycles. The number of hydrogen-bond acceptors (Lipinski definition) is 4. The number of anilines is 1. The third-order valence-corrected chi connectivity index (χ3v) is 3.50. The molecule has 1 heterocycles. The van der Waals surface area contributed by atoms with Crippen LogP contribution in [0.25, 0.3) is 0 Å². The van der Waals surface area contributed by atoms with Crippen molar-refractivity contribution in [2.45, 2.75) is 19.5 Å². The van der Waals surface area contributed by atoms with Gasteiger partial charge in [0.25, 0.3) is 0 Å². The molecule has 2 aromatic rings. The molecule has 0 saturated carbocycles. The molecule has 28 heavy (non-hydrogen) atoms. The van der Waals surface area contributed by atoms with Gasteiger partial charge in [0.15, 0.2) is 5.96 Å². The second-order valence-electron chi connectivity index (χ2n) is 5.61. The van der Waals surface area contributed by atoms with Crippen LogP contribution >= 0.6 is 24.0 Å². The first-order valence-corrected chi connectivity index (χ1v) is 8.69. The minimum absolute atomic E-state index is 0. The predicted octanol–water partition coefficient (Wildman–Crippen LogP) is 3.32. The molecule has 1 aromatic carbocycles. The number of rotatable bonds is 8. The molecule has 0 fully saturated rings. The van der Waals surface area contributed by atoms with Crippen molar-refractivity contribution in [3.05, 3.63) is 53.9 Å². The molecule has 0 aliphatic heterocycles. The van der Waals surface area contributed by atoms with Gasteiger partial charge in [0.2, 0.25) is 5.95 Å². The van der Waals surface area contributed by atoms with Crippen LogP contribution < -0.4 is 16.0 Å². The van der Waals surface area contributed by atoms with Crippen molar-refractivity contribution in [3.63, 3.8) is 0 Å². The number of aromatic nitrogens is 2. The number of guanidine groups is 1. The Kier molecular flexibility index (Phi) is 10.6. The Morgan fingerprint density at radius 3 is 2.50 bits per heavy atom. The molecule has 154 valence electrons. The summed E-state index contributed by atoms with van der Waals surface area (Å²) in [7, 11) is 0. The van der Waals surface area contributed by atoms with Crippen LogP contribution in [0.1, 0.15) is 18.2 Å². The standard InChI is InChI=1S/C18H23F3N6.HI/c1-2-22-16(23-10-8-14-6-4-3-5-7-14)25-12-13-26-17-24-11-9-15(27-17)18(19,20)21;/h3-7,9,11H,2,8,10,12-13H2,1H3,(H2,22,23,25)(H,24,26,27);1H. The molecule has 10 heteroatoms. The number of hydrogen-bond donors (Lipinski definition) is 3. The molecule has 1 aromatic heterocycles. The molecule has 0 spiro atoms. The van der Waals surface area contributed by atoms with Crippen LogP contribution in [0.5, 0.6) is 0 Å². The number of halogens is 4. The number of nitrogens with zero attached hydrogens (tertiary/aromatic N) is 3. The monoisotopic (exact) mass is 508 g/mol. The van der Waals surface area contributed by atoms with E-state index in [0.717, 1.165) is 18.7 Å². The maximum atomic E-state index is 12.6. The lowest BCUT2D eigenvalue weighted by molar-refractivity contribution is -0.141. The van der Waals surface area contributed by atoms with Gasteiger partial charge in [-0.2, -0.15) is 13.2 Å². The van der Waals surface area contributed by atoms with Gasteiger partial charge in [0.05, 0.1) is 0 Å². The zero-order valence-corrected chi connectivity index (χ0v) is 17.8. The van der Waals surface area contributed by atoms with E-state index in [1.54, 1.807) is 0 Å². The van der Waals surface area contributed by atoms with Crippen molar-refractivity contribution in [1.29, 1.82) is 0 Å². The first-order chi connectivity index (χ1) is 13.0. The average molecular weight is 508 g/mol. The fourth-order valence-electron chi connectivity index (χ4n) is 2.24. The molecule has 2 rings (SSSR count). The van der Waals surface area contributed by atoms with Crippen LogP contribution in [0, 0.1) is 0 Å². The second kappa shape index (κ2) is 12.4. The van der Waals surface area contributed by atoms with E-state index in [0.29, 0.717) is 32.1 Å². The van der Waals surface area contributed by atoms with E-state index in [4.69, 9.17) is 0 Å². The SMILES string of the molecule is CCNC(=NCCc1ccccc1)NCCNc1nccc(C(F)(F)F)n1.I. The van der Waals surface area contributed by atoms with Gasteiger partial charge in [-0.3, -0.25) is 4.99 Å². The van der Waals surface area contributed by atoms with Crippen LogP contribution in [-0.4, -0.2) is 42.1 Å². The summed E-state index contributed by atoms with van der Waals surface area (Å²) in [6.45, 7) is 4.11. The zero-order valence-electron chi connectivity index (χ0n) is 15.5. The maximum absolute atomic E-state index is 12.6. The van der Waals surface area contributed by atoms with E-state index in [1.807, 2.05) is 25.1 Å². The van der Waals surface area contributed by atoms with Gasteiger partial charge < -0.3 is 16.0 Å². The minimum atomic E-state index is -4.48. The summed E-state index contributed by atoms with van der Waals surface area (Å²) in [5, 5.41) is 9.02. The molecule has 0 atom stereocenters. The molecular formula is C18H24F3IN6. The highest BCUT2D eigenvalue weighted by atomic mass is 127. The number of nitrogens with one attached hydrogen (secondary N) is 3. The fourth-order valence-corrected chi connectivity index (χ4v) is 2.24. The lowest BCUT2D eigenvalue weighted by atomic mass is 10.2. The highest BCUT2D eigenvalue weighted by molar-refractivity contribution is 14.0. The van der Waals surface area contributed by atoms with Gasteiger partial charge in [0.1, 0.15) is 5.69 Å². The molecule has 3 N–H and O–H groups in total. The molecule has 0 bridgehead atoms. The average Bonchev–Trinajstić information content (AvgIpc) is 2.65. The lowest BCUT2D eigenvalue weighted by Gasteiger charge is -2.12. The molecule has 0 unspecified atom stereocenters. The van der Waals surface area contributed by atoms with Crippen molar-refractivity contribution in [3.8, 4) is 0 Å².